The number of benzene rings is 1. The van der Waals surface area contributed by atoms with Gasteiger partial charge in [-0.05, 0) is 19.4 Å². The predicted octanol–water partition coefficient (Wildman–Crippen LogP) is 1.58. The molecule has 1 saturated heterocycles. The summed E-state index contributed by atoms with van der Waals surface area (Å²) < 4.78 is 7.34. The van der Waals surface area contributed by atoms with Crippen molar-refractivity contribution in [2.24, 2.45) is 0 Å². The molecular formula is C16H20N4O2. The molecule has 1 aliphatic heterocycles. The van der Waals surface area contributed by atoms with Gasteiger partial charge in [0.2, 0.25) is 0 Å². The van der Waals surface area contributed by atoms with Crippen LogP contribution in [0.5, 0.6) is 0 Å². The van der Waals surface area contributed by atoms with Crippen LogP contribution in [0.15, 0.2) is 36.5 Å². The Labute approximate surface area is 129 Å². The quantitative estimate of drug-likeness (QED) is 0.863. The zero-order valence-corrected chi connectivity index (χ0v) is 12.8. The van der Waals surface area contributed by atoms with Gasteiger partial charge >= 0.3 is 0 Å². The molecule has 2 aromatic rings. The van der Waals surface area contributed by atoms with Gasteiger partial charge in [-0.25, -0.2) is 4.68 Å². The molecule has 0 unspecified atom stereocenters. The number of nitrogens with zero attached hydrogens (tertiary/aromatic N) is 4. The van der Waals surface area contributed by atoms with Crippen LogP contribution in [0.4, 0.5) is 0 Å². The second-order valence-corrected chi connectivity index (χ2v) is 5.75. The first-order valence-corrected chi connectivity index (χ1v) is 7.50. The number of hydrogen-bond acceptors (Lipinski definition) is 4. The third-order valence-electron chi connectivity index (χ3n) is 3.65. The summed E-state index contributed by atoms with van der Waals surface area (Å²) in [6, 6.07) is 9.98. The molecule has 0 spiro atoms. The van der Waals surface area contributed by atoms with Crippen LogP contribution in [0.25, 0.3) is 0 Å². The highest BCUT2D eigenvalue weighted by atomic mass is 16.5. The van der Waals surface area contributed by atoms with Crippen LogP contribution in [0.3, 0.4) is 0 Å². The zero-order valence-electron chi connectivity index (χ0n) is 12.8. The van der Waals surface area contributed by atoms with E-state index in [-0.39, 0.29) is 18.1 Å². The molecule has 0 bridgehead atoms. The molecule has 2 atom stereocenters. The molecule has 1 amide bonds. The summed E-state index contributed by atoms with van der Waals surface area (Å²) in [6.45, 7) is 5.74. The number of rotatable bonds is 3. The second-order valence-electron chi connectivity index (χ2n) is 5.75. The van der Waals surface area contributed by atoms with Gasteiger partial charge in [-0.15, -0.1) is 5.10 Å². The van der Waals surface area contributed by atoms with E-state index in [0.717, 1.165) is 5.56 Å². The van der Waals surface area contributed by atoms with E-state index in [0.29, 0.717) is 25.3 Å². The lowest BCUT2D eigenvalue weighted by atomic mass is 10.2. The minimum Gasteiger partial charge on any atom is -0.372 e. The smallest absolute Gasteiger partial charge is 0.276 e. The van der Waals surface area contributed by atoms with Crippen LogP contribution in [0.2, 0.25) is 0 Å². The lowest BCUT2D eigenvalue weighted by Crippen LogP contribution is -2.48. The number of amides is 1. The number of ether oxygens (including phenoxy) is 1. The van der Waals surface area contributed by atoms with Gasteiger partial charge in [0.25, 0.3) is 5.91 Å². The number of carbonyl (C=O) groups excluding carboxylic acids is 1. The van der Waals surface area contributed by atoms with E-state index >= 15 is 0 Å². The Kier molecular flexibility index (Phi) is 4.20. The average Bonchev–Trinajstić information content (AvgIpc) is 2.95. The van der Waals surface area contributed by atoms with Gasteiger partial charge in [-0.3, -0.25) is 4.79 Å². The molecule has 1 aromatic carbocycles. The molecule has 22 heavy (non-hydrogen) atoms. The van der Waals surface area contributed by atoms with E-state index in [2.05, 4.69) is 10.3 Å². The van der Waals surface area contributed by atoms with Gasteiger partial charge in [0, 0.05) is 13.1 Å². The standard InChI is InChI=1S/C16H20N4O2/c1-12-8-19(9-13(2)22-12)16(21)15-11-20(18-17-15)10-14-6-4-3-5-7-14/h3-7,11-13H,8-10H2,1-2H3/t12-,13-/m0/s1. The number of carbonyl (C=O) groups is 1. The minimum atomic E-state index is -0.0821. The van der Waals surface area contributed by atoms with Crippen LogP contribution >= 0.6 is 0 Å². The van der Waals surface area contributed by atoms with E-state index < -0.39 is 0 Å². The van der Waals surface area contributed by atoms with Gasteiger partial charge in [0.05, 0.1) is 24.9 Å². The molecule has 1 fully saturated rings. The molecule has 3 rings (SSSR count). The number of morpholine rings is 1. The highest BCUT2D eigenvalue weighted by molar-refractivity contribution is 5.92. The maximum atomic E-state index is 12.5. The third-order valence-corrected chi connectivity index (χ3v) is 3.65. The van der Waals surface area contributed by atoms with Crippen molar-refractivity contribution in [1.29, 1.82) is 0 Å². The molecule has 2 heterocycles. The van der Waals surface area contributed by atoms with E-state index in [1.807, 2.05) is 44.2 Å². The predicted molar refractivity (Wildman–Crippen MR) is 81.5 cm³/mol. The van der Waals surface area contributed by atoms with Crippen molar-refractivity contribution in [2.75, 3.05) is 13.1 Å². The van der Waals surface area contributed by atoms with E-state index in [1.165, 1.54) is 0 Å². The number of aromatic nitrogens is 3. The van der Waals surface area contributed by atoms with Gasteiger partial charge in [-0.2, -0.15) is 0 Å². The van der Waals surface area contributed by atoms with Crippen LogP contribution in [-0.2, 0) is 11.3 Å². The van der Waals surface area contributed by atoms with Crippen molar-refractivity contribution < 1.29 is 9.53 Å². The van der Waals surface area contributed by atoms with Crippen molar-refractivity contribution in [3.8, 4) is 0 Å². The maximum absolute atomic E-state index is 12.5. The highest BCUT2D eigenvalue weighted by Gasteiger charge is 2.28. The van der Waals surface area contributed by atoms with Crippen molar-refractivity contribution >= 4 is 5.91 Å². The van der Waals surface area contributed by atoms with Gasteiger partial charge in [0.15, 0.2) is 5.69 Å². The van der Waals surface area contributed by atoms with Crippen molar-refractivity contribution in [1.82, 2.24) is 19.9 Å². The fraction of sp³-hybridized carbons (Fsp3) is 0.438. The highest BCUT2D eigenvalue weighted by Crippen LogP contribution is 2.13. The topological polar surface area (TPSA) is 60.2 Å². The largest absolute Gasteiger partial charge is 0.372 e. The molecule has 116 valence electrons. The molecular weight excluding hydrogens is 280 g/mol. The zero-order chi connectivity index (χ0) is 15.5. The maximum Gasteiger partial charge on any atom is 0.276 e. The summed E-state index contributed by atoms with van der Waals surface area (Å²) >= 11 is 0. The summed E-state index contributed by atoms with van der Waals surface area (Å²) in [7, 11) is 0. The van der Waals surface area contributed by atoms with Crippen molar-refractivity contribution in [3.63, 3.8) is 0 Å². The van der Waals surface area contributed by atoms with E-state index in [9.17, 15) is 4.79 Å². The van der Waals surface area contributed by atoms with Gasteiger partial charge in [0.1, 0.15) is 0 Å². The fourth-order valence-electron chi connectivity index (χ4n) is 2.75. The second kappa shape index (κ2) is 6.27. The first-order chi connectivity index (χ1) is 10.6. The summed E-state index contributed by atoms with van der Waals surface area (Å²) in [5.41, 5.74) is 1.51. The summed E-state index contributed by atoms with van der Waals surface area (Å²) in [4.78, 5) is 14.3. The lowest BCUT2D eigenvalue weighted by molar-refractivity contribution is -0.0587. The summed E-state index contributed by atoms with van der Waals surface area (Å²) in [5, 5.41) is 8.07. The first kappa shape index (κ1) is 14.7. The minimum absolute atomic E-state index is 0.0482. The van der Waals surface area contributed by atoms with E-state index in [1.54, 1.807) is 15.8 Å². The Bertz CT molecular complexity index is 631. The van der Waals surface area contributed by atoms with Crippen LogP contribution in [0, 0.1) is 0 Å². The molecule has 1 aromatic heterocycles. The number of hydrogen-bond donors (Lipinski definition) is 0. The Hall–Kier alpha value is -2.21. The summed E-state index contributed by atoms with van der Waals surface area (Å²) in [6.07, 6.45) is 1.80. The third kappa shape index (κ3) is 3.33. The Balaban J connectivity index is 1.69. The molecule has 0 N–H and O–H groups in total. The first-order valence-electron chi connectivity index (χ1n) is 7.50. The monoisotopic (exact) mass is 300 g/mol. The molecule has 0 aliphatic carbocycles. The molecule has 1 aliphatic rings. The average molecular weight is 300 g/mol. The van der Waals surface area contributed by atoms with Crippen LogP contribution < -0.4 is 0 Å². The SMILES string of the molecule is C[C@H]1CN(C(=O)c2cn(Cc3ccccc3)nn2)C[C@H](C)O1. The molecule has 0 radical (unpaired) electrons. The van der Waals surface area contributed by atoms with Gasteiger partial charge < -0.3 is 9.64 Å². The normalized spacial score (nSPS) is 21.8. The molecule has 6 nitrogen and oxygen atoms in total. The van der Waals surface area contributed by atoms with Crippen molar-refractivity contribution in [3.05, 3.63) is 47.8 Å². The van der Waals surface area contributed by atoms with Crippen molar-refractivity contribution in [2.45, 2.75) is 32.6 Å². The molecule has 0 saturated carbocycles. The fourth-order valence-corrected chi connectivity index (χ4v) is 2.75. The molecule has 6 heteroatoms. The lowest BCUT2D eigenvalue weighted by Gasteiger charge is -2.34. The van der Waals surface area contributed by atoms with Crippen LogP contribution in [0.1, 0.15) is 29.9 Å². The van der Waals surface area contributed by atoms with Crippen LogP contribution in [-0.4, -0.2) is 51.1 Å². The Morgan fingerprint density at radius 3 is 2.59 bits per heavy atom. The Morgan fingerprint density at radius 1 is 1.23 bits per heavy atom. The van der Waals surface area contributed by atoms with E-state index in [4.69, 9.17) is 4.74 Å². The Morgan fingerprint density at radius 2 is 1.91 bits per heavy atom. The van der Waals surface area contributed by atoms with Gasteiger partial charge in [-0.1, -0.05) is 35.5 Å². The summed E-state index contributed by atoms with van der Waals surface area (Å²) in [5.74, 6) is -0.0821.